The monoisotopic (exact) mass is 268 g/mol. The molecular formula is C15H28N2O2. The summed E-state index contributed by atoms with van der Waals surface area (Å²) >= 11 is 0. The number of nitrogens with zero attached hydrogens (tertiary/aromatic N) is 1. The molecule has 4 nitrogen and oxygen atoms in total. The summed E-state index contributed by atoms with van der Waals surface area (Å²) in [6, 6.07) is 0.0147. The first-order valence-electron chi connectivity index (χ1n) is 7.77. The minimum absolute atomic E-state index is 0.0147. The van der Waals surface area contributed by atoms with Gasteiger partial charge in [-0.15, -0.1) is 0 Å². The van der Waals surface area contributed by atoms with Crippen molar-refractivity contribution in [3.05, 3.63) is 0 Å². The molecule has 2 fully saturated rings. The van der Waals surface area contributed by atoms with Crippen LogP contribution in [0.2, 0.25) is 0 Å². The Morgan fingerprint density at radius 1 is 1.42 bits per heavy atom. The summed E-state index contributed by atoms with van der Waals surface area (Å²) in [7, 11) is 0. The molecule has 0 aromatic rings. The lowest BCUT2D eigenvalue weighted by atomic mass is 10.1. The highest BCUT2D eigenvalue weighted by Gasteiger charge is 2.39. The van der Waals surface area contributed by atoms with Gasteiger partial charge in [0.2, 0.25) is 5.91 Å². The summed E-state index contributed by atoms with van der Waals surface area (Å²) < 4.78 is 5.67. The summed E-state index contributed by atoms with van der Waals surface area (Å²) in [4.78, 5) is 14.3. The highest BCUT2D eigenvalue weighted by Crippen LogP contribution is 2.28. The van der Waals surface area contributed by atoms with E-state index in [0.717, 1.165) is 31.9 Å². The van der Waals surface area contributed by atoms with Crippen molar-refractivity contribution in [2.45, 2.75) is 58.7 Å². The molecule has 1 amide bonds. The predicted molar refractivity (Wildman–Crippen MR) is 75.7 cm³/mol. The Morgan fingerprint density at radius 2 is 2.16 bits per heavy atom. The lowest BCUT2D eigenvalue weighted by molar-refractivity contribution is -0.131. The predicted octanol–water partition coefficient (Wildman–Crippen LogP) is 2.00. The largest absolute Gasteiger partial charge is 0.379 e. The molecule has 0 aromatic heterocycles. The molecule has 1 saturated heterocycles. The van der Waals surface area contributed by atoms with E-state index in [4.69, 9.17) is 4.74 Å². The lowest BCUT2D eigenvalue weighted by Gasteiger charge is -2.27. The number of carbonyl (C=O) groups excluding carboxylic acids is 1. The third-order valence-corrected chi connectivity index (χ3v) is 4.02. The Balaban J connectivity index is 1.81. The van der Waals surface area contributed by atoms with Crippen molar-refractivity contribution < 1.29 is 9.53 Å². The quantitative estimate of drug-likeness (QED) is 0.685. The molecule has 0 bridgehead atoms. The van der Waals surface area contributed by atoms with Crippen LogP contribution < -0.4 is 5.32 Å². The number of nitrogens with one attached hydrogen (secondary N) is 1. The summed E-state index contributed by atoms with van der Waals surface area (Å²) in [6.45, 7) is 8.73. The fourth-order valence-corrected chi connectivity index (χ4v) is 2.70. The molecule has 4 heteroatoms. The Morgan fingerprint density at radius 3 is 2.74 bits per heavy atom. The molecule has 1 N–H and O–H groups in total. The van der Waals surface area contributed by atoms with Gasteiger partial charge in [-0.05, 0) is 31.1 Å². The Bertz CT molecular complexity index is 303. The summed E-state index contributed by atoms with van der Waals surface area (Å²) in [6.07, 6.45) is 4.78. The number of hydrogen-bond donors (Lipinski definition) is 1. The van der Waals surface area contributed by atoms with Gasteiger partial charge in [0.25, 0.3) is 0 Å². The highest BCUT2D eigenvalue weighted by atomic mass is 16.5. The average molecular weight is 268 g/mol. The second kappa shape index (κ2) is 6.71. The number of amides is 1. The first-order valence-corrected chi connectivity index (χ1v) is 7.77. The molecule has 19 heavy (non-hydrogen) atoms. The first kappa shape index (κ1) is 14.8. The van der Waals surface area contributed by atoms with Crippen LogP contribution in [0.5, 0.6) is 0 Å². The smallest absolute Gasteiger partial charge is 0.241 e. The van der Waals surface area contributed by atoms with Crippen molar-refractivity contribution in [2.75, 3.05) is 19.8 Å². The van der Waals surface area contributed by atoms with Gasteiger partial charge >= 0.3 is 0 Å². The number of carbonyl (C=O) groups is 1. The molecule has 1 aliphatic heterocycles. The lowest BCUT2D eigenvalue weighted by Crippen LogP contribution is -2.43. The minimum Gasteiger partial charge on any atom is -0.379 e. The van der Waals surface area contributed by atoms with E-state index in [0.29, 0.717) is 12.5 Å². The van der Waals surface area contributed by atoms with Crippen molar-refractivity contribution in [1.29, 1.82) is 0 Å². The third kappa shape index (κ3) is 3.93. The van der Waals surface area contributed by atoms with Gasteiger partial charge in [0.05, 0.1) is 18.8 Å². The first-order chi connectivity index (χ1) is 9.13. The molecule has 0 radical (unpaired) electrons. The van der Waals surface area contributed by atoms with E-state index in [1.54, 1.807) is 0 Å². The molecule has 2 atom stereocenters. The van der Waals surface area contributed by atoms with Crippen LogP contribution in [0.25, 0.3) is 0 Å². The summed E-state index contributed by atoms with van der Waals surface area (Å²) in [5.74, 6) is 1.49. The minimum atomic E-state index is 0.0147. The standard InChI is InChI=1S/C15H28N2O2/c1-4-5-13-15(18)17(14(16-13)11(2)3)8-9-19-10-12-6-7-12/h11-14,16H,4-10H2,1-3H3. The van der Waals surface area contributed by atoms with Gasteiger partial charge in [-0.25, -0.2) is 0 Å². The van der Waals surface area contributed by atoms with Gasteiger partial charge in [0.1, 0.15) is 0 Å². The number of ether oxygens (including phenoxy) is 1. The molecule has 2 aliphatic rings. The maximum absolute atomic E-state index is 12.4. The van der Waals surface area contributed by atoms with E-state index in [2.05, 4.69) is 26.1 Å². The van der Waals surface area contributed by atoms with Gasteiger partial charge in [0, 0.05) is 13.2 Å². The van der Waals surface area contributed by atoms with E-state index >= 15 is 0 Å². The van der Waals surface area contributed by atoms with E-state index in [1.807, 2.05) is 4.90 Å². The van der Waals surface area contributed by atoms with Crippen LogP contribution in [-0.4, -0.2) is 42.8 Å². The normalized spacial score (nSPS) is 27.6. The zero-order valence-electron chi connectivity index (χ0n) is 12.5. The molecule has 1 heterocycles. The van der Waals surface area contributed by atoms with E-state index in [1.165, 1.54) is 12.8 Å². The number of rotatable bonds is 8. The maximum atomic E-state index is 12.4. The molecular weight excluding hydrogens is 240 g/mol. The van der Waals surface area contributed by atoms with Crippen LogP contribution in [0.3, 0.4) is 0 Å². The zero-order chi connectivity index (χ0) is 13.8. The van der Waals surface area contributed by atoms with Crippen molar-refractivity contribution in [2.24, 2.45) is 11.8 Å². The van der Waals surface area contributed by atoms with Crippen LogP contribution in [0.1, 0.15) is 46.5 Å². The fourth-order valence-electron chi connectivity index (χ4n) is 2.70. The summed E-state index contributed by atoms with van der Waals surface area (Å²) in [5, 5.41) is 3.47. The average Bonchev–Trinajstić information content (AvgIpc) is 3.13. The fraction of sp³-hybridized carbons (Fsp3) is 0.933. The van der Waals surface area contributed by atoms with Gasteiger partial charge in [-0.2, -0.15) is 0 Å². The highest BCUT2D eigenvalue weighted by molar-refractivity contribution is 5.84. The Labute approximate surface area is 116 Å². The van der Waals surface area contributed by atoms with Crippen LogP contribution in [0, 0.1) is 11.8 Å². The van der Waals surface area contributed by atoms with Crippen LogP contribution in [0.15, 0.2) is 0 Å². The topological polar surface area (TPSA) is 41.6 Å². The second-order valence-electron chi connectivity index (χ2n) is 6.25. The SMILES string of the molecule is CCCC1NC(C(C)C)N(CCOCC2CC2)C1=O. The zero-order valence-corrected chi connectivity index (χ0v) is 12.5. The van der Waals surface area contributed by atoms with Crippen molar-refractivity contribution >= 4 is 5.91 Å². The van der Waals surface area contributed by atoms with Crippen LogP contribution in [-0.2, 0) is 9.53 Å². The van der Waals surface area contributed by atoms with Gasteiger partial charge in [-0.1, -0.05) is 27.2 Å². The molecule has 0 aromatic carbocycles. The Hall–Kier alpha value is -0.610. The number of hydrogen-bond acceptors (Lipinski definition) is 3. The van der Waals surface area contributed by atoms with Gasteiger partial charge in [-0.3, -0.25) is 10.1 Å². The second-order valence-corrected chi connectivity index (χ2v) is 6.25. The molecule has 2 rings (SSSR count). The van der Waals surface area contributed by atoms with Crippen molar-refractivity contribution in [1.82, 2.24) is 10.2 Å². The van der Waals surface area contributed by atoms with Crippen LogP contribution >= 0.6 is 0 Å². The van der Waals surface area contributed by atoms with Gasteiger partial charge < -0.3 is 9.64 Å². The molecule has 1 saturated carbocycles. The third-order valence-electron chi connectivity index (χ3n) is 4.02. The molecule has 0 spiro atoms. The summed E-state index contributed by atoms with van der Waals surface area (Å²) in [5.41, 5.74) is 0. The molecule has 1 aliphatic carbocycles. The maximum Gasteiger partial charge on any atom is 0.241 e. The molecule has 110 valence electrons. The molecule has 2 unspecified atom stereocenters. The van der Waals surface area contributed by atoms with E-state index in [-0.39, 0.29) is 18.1 Å². The Kier molecular flexibility index (Phi) is 5.22. The van der Waals surface area contributed by atoms with Crippen molar-refractivity contribution in [3.63, 3.8) is 0 Å². The van der Waals surface area contributed by atoms with Crippen molar-refractivity contribution in [3.8, 4) is 0 Å². The van der Waals surface area contributed by atoms with E-state index < -0.39 is 0 Å². The van der Waals surface area contributed by atoms with Crippen LogP contribution in [0.4, 0.5) is 0 Å². The van der Waals surface area contributed by atoms with E-state index in [9.17, 15) is 4.79 Å². The van der Waals surface area contributed by atoms with Gasteiger partial charge in [0.15, 0.2) is 0 Å².